The van der Waals surface area contributed by atoms with E-state index < -0.39 is 0 Å². The molecule has 2 N–H and O–H groups in total. The van der Waals surface area contributed by atoms with Gasteiger partial charge in [-0.15, -0.1) is 17.9 Å². The minimum Gasteiger partial charge on any atom is -0.321 e. The monoisotopic (exact) mass is 189 g/mol. The van der Waals surface area contributed by atoms with Gasteiger partial charge in [-0.3, -0.25) is 0 Å². The Balaban J connectivity index is 2.53. The van der Waals surface area contributed by atoms with Crippen molar-refractivity contribution in [3.63, 3.8) is 0 Å². The van der Waals surface area contributed by atoms with Gasteiger partial charge in [0.05, 0.1) is 0 Å². The fraction of sp³-hybridized carbons (Fsp3) is 0.0909. The van der Waals surface area contributed by atoms with Crippen molar-refractivity contribution in [1.82, 2.24) is 0 Å². The largest absolute Gasteiger partial charge is 0.321 e. The summed E-state index contributed by atoms with van der Waals surface area (Å²) in [6, 6.07) is 8.35. The molecule has 1 nitrogen and oxygen atoms in total. The highest BCUT2D eigenvalue weighted by Crippen LogP contribution is 2.24. The molecule has 66 valence electrons. The van der Waals surface area contributed by atoms with Gasteiger partial charge in [-0.05, 0) is 28.5 Å². The normalized spacial score (nSPS) is 13.0. The second-order valence-corrected chi connectivity index (χ2v) is 3.93. The molecule has 0 aliphatic rings. The molecular formula is C11H11NS. The molecule has 0 aliphatic heterocycles. The zero-order chi connectivity index (χ0) is 9.26. The molecule has 1 aromatic carbocycles. The van der Waals surface area contributed by atoms with Crippen molar-refractivity contribution in [2.24, 2.45) is 5.73 Å². The molecule has 1 atom stereocenters. The van der Waals surface area contributed by atoms with Gasteiger partial charge < -0.3 is 5.73 Å². The summed E-state index contributed by atoms with van der Waals surface area (Å²) >= 11 is 1.74. The van der Waals surface area contributed by atoms with E-state index in [4.69, 9.17) is 5.73 Å². The lowest BCUT2D eigenvalue weighted by molar-refractivity contribution is 0.917. The van der Waals surface area contributed by atoms with E-state index in [1.165, 1.54) is 10.1 Å². The van der Waals surface area contributed by atoms with E-state index in [2.05, 4.69) is 36.2 Å². The fourth-order valence-corrected chi connectivity index (χ4v) is 2.15. The van der Waals surface area contributed by atoms with Crippen LogP contribution < -0.4 is 5.73 Å². The molecule has 2 rings (SSSR count). The summed E-state index contributed by atoms with van der Waals surface area (Å²) in [4.78, 5) is 0. The SMILES string of the molecule is C=CC(N)c1ccc2ccsc2c1. The van der Waals surface area contributed by atoms with Gasteiger partial charge in [0, 0.05) is 10.7 Å². The molecule has 0 amide bonds. The number of thiophene rings is 1. The molecule has 1 heterocycles. The fourth-order valence-electron chi connectivity index (χ4n) is 1.31. The molecule has 0 saturated carbocycles. The molecule has 0 bridgehead atoms. The van der Waals surface area contributed by atoms with Crippen LogP contribution in [-0.2, 0) is 0 Å². The van der Waals surface area contributed by atoms with Gasteiger partial charge in [-0.1, -0.05) is 18.2 Å². The van der Waals surface area contributed by atoms with Gasteiger partial charge in [0.2, 0.25) is 0 Å². The van der Waals surface area contributed by atoms with Crippen LogP contribution in [0, 0.1) is 0 Å². The second kappa shape index (κ2) is 3.32. The highest BCUT2D eigenvalue weighted by atomic mass is 32.1. The van der Waals surface area contributed by atoms with Gasteiger partial charge >= 0.3 is 0 Å². The number of fused-ring (bicyclic) bond motifs is 1. The summed E-state index contributed by atoms with van der Waals surface area (Å²) in [7, 11) is 0. The third-order valence-corrected chi connectivity index (χ3v) is 3.00. The third kappa shape index (κ3) is 1.50. The predicted octanol–water partition coefficient (Wildman–Crippen LogP) is 3.09. The maximum Gasteiger partial charge on any atom is 0.0479 e. The third-order valence-electron chi connectivity index (χ3n) is 2.12. The van der Waals surface area contributed by atoms with Crippen molar-refractivity contribution in [3.05, 3.63) is 47.9 Å². The lowest BCUT2D eigenvalue weighted by Gasteiger charge is -2.05. The summed E-state index contributed by atoms with van der Waals surface area (Å²) in [5.74, 6) is 0. The lowest BCUT2D eigenvalue weighted by Crippen LogP contribution is -2.05. The Morgan fingerprint density at radius 1 is 1.38 bits per heavy atom. The molecule has 0 radical (unpaired) electrons. The van der Waals surface area contributed by atoms with Crippen LogP contribution in [0.2, 0.25) is 0 Å². The summed E-state index contributed by atoms with van der Waals surface area (Å²) in [5, 5.41) is 3.37. The Hall–Kier alpha value is -1.12. The molecule has 13 heavy (non-hydrogen) atoms. The van der Waals surface area contributed by atoms with Crippen LogP contribution in [0.1, 0.15) is 11.6 Å². The Morgan fingerprint density at radius 3 is 3.00 bits per heavy atom. The van der Waals surface area contributed by atoms with Crippen LogP contribution in [0.3, 0.4) is 0 Å². The molecule has 1 aromatic heterocycles. The molecular weight excluding hydrogens is 178 g/mol. The highest BCUT2D eigenvalue weighted by molar-refractivity contribution is 7.17. The summed E-state index contributed by atoms with van der Waals surface area (Å²) in [6.07, 6.45) is 1.76. The Kier molecular flexibility index (Phi) is 2.17. The quantitative estimate of drug-likeness (QED) is 0.722. The standard InChI is InChI=1S/C11H11NS/c1-2-10(12)9-4-3-8-5-6-13-11(8)7-9/h2-7,10H,1,12H2. The first-order valence-electron chi connectivity index (χ1n) is 4.16. The average Bonchev–Trinajstić information content (AvgIpc) is 2.63. The predicted molar refractivity (Wildman–Crippen MR) is 59.0 cm³/mol. The summed E-state index contributed by atoms with van der Waals surface area (Å²) < 4.78 is 1.29. The van der Waals surface area contributed by atoms with Gasteiger partial charge in [0.15, 0.2) is 0 Å². The number of benzene rings is 1. The van der Waals surface area contributed by atoms with E-state index >= 15 is 0 Å². The van der Waals surface area contributed by atoms with Crippen molar-refractivity contribution in [2.75, 3.05) is 0 Å². The van der Waals surface area contributed by atoms with E-state index in [0.29, 0.717) is 0 Å². The number of hydrogen-bond acceptors (Lipinski definition) is 2. The molecule has 0 aliphatic carbocycles. The Morgan fingerprint density at radius 2 is 2.23 bits per heavy atom. The van der Waals surface area contributed by atoms with E-state index in [0.717, 1.165) is 5.56 Å². The Labute approximate surface area is 81.5 Å². The lowest BCUT2D eigenvalue weighted by atomic mass is 10.1. The van der Waals surface area contributed by atoms with Gasteiger partial charge in [-0.2, -0.15) is 0 Å². The van der Waals surface area contributed by atoms with Crippen LogP contribution in [0.25, 0.3) is 10.1 Å². The van der Waals surface area contributed by atoms with Crippen LogP contribution in [-0.4, -0.2) is 0 Å². The first kappa shape index (κ1) is 8.48. The van der Waals surface area contributed by atoms with Crippen molar-refractivity contribution < 1.29 is 0 Å². The zero-order valence-electron chi connectivity index (χ0n) is 7.23. The van der Waals surface area contributed by atoms with Crippen LogP contribution in [0.5, 0.6) is 0 Å². The Bertz CT molecular complexity index is 430. The number of rotatable bonds is 2. The van der Waals surface area contributed by atoms with E-state index in [9.17, 15) is 0 Å². The molecule has 1 unspecified atom stereocenters. The number of nitrogens with two attached hydrogens (primary N) is 1. The maximum atomic E-state index is 5.84. The topological polar surface area (TPSA) is 26.0 Å². The molecule has 2 aromatic rings. The van der Waals surface area contributed by atoms with E-state index in [1.54, 1.807) is 17.4 Å². The molecule has 0 fully saturated rings. The van der Waals surface area contributed by atoms with Gasteiger partial charge in [0.1, 0.15) is 0 Å². The first-order chi connectivity index (χ1) is 6.31. The highest BCUT2D eigenvalue weighted by Gasteiger charge is 2.02. The first-order valence-corrected chi connectivity index (χ1v) is 5.04. The minimum absolute atomic E-state index is 0.0495. The van der Waals surface area contributed by atoms with Crippen molar-refractivity contribution in [1.29, 1.82) is 0 Å². The van der Waals surface area contributed by atoms with Crippen molar-refractivity contribution in [3.8, 4) is 0 Å². The minimum atomic E-state index is -0.0495. The average molecular weight is 189 g/mol. The van der Waals surface area contributed by atoms with Gasteiger partial charge in [0.25, 0.3) is 0 Å². The molecule has 2 heteroatoms. The van der Waals surface area contributed by atoms with Crippen LogP contribution in [0.4, 0.5) is 0 Å². The number of hydrogen-bond donors (Lipinski definition) is 1. The van der Waals surface area contributed by atoms with Crippen molar-refractivity contribution in [2.45, 2.75) is 6.04 Å². The zero-order valence-corrected chi connectivity index (χ0v) is 8.05. The van der Waals surface area contributed by atoms with E-state index in [-0.39, 0.29) is 6.04 Å². The molecule has 0 spiro atoms. The van der Waals surface area contributed by atoms with Crippen LogP contribution in [0.15, 0.2) is 42.3 Å². The maximum absolute atomic E-state index is 5.84. The van der Waals surface area contributed by atoms with Gasteiger partial charge in [-0.25, -0.2) is 0 Å². The second-order valence-electron chi connectivity index (χ2n) is 2.98. The summed E-state index contributed by atoms with van der Waals surface area (Å²) in [6.45, 7) is 3.68. The van der Waals surface area contributed by atoms with E-state index in [1.807, 2.05) is 0 Å². The van der Waals surface area contributed by atoms with Crippen molar-refractivity contribution >= 4 is 21.4 Å². The smallest absolute Gasteiger partial charge is 0.0479 e. The summed E-state index contributed by atoms with van der Waals surface area (Å²) in [5.41, 5.74) is 6.97. The van der Waals surface area contributed by atoms with Crippen LogP contribution >= 0.6 is 11.3 Å². The molecule has 0 saturated heterocycles.